The molecule has 0 spiro atoms. The van der Waals surface area contributed by atoms with Crippen molar-refractivity contribution in [2.45, 2.75) is 20.0 Å². The summed E-state index contributed by atoms with van der Waals surface area (Å²) >= 11 is 5.16. The van der Waals surface area contributed by atoms with Crippen LogP contribution in [0.2, 0.25) is 0 Å². The van der Waals surface area contributed by atoms with Gasteiger partial charge in [-0.25, -0.2) is 4.68 Å². The number of hydrogen-bond acceptors (Lipinski definition) is 4. The molecule has 1 aliphatic heterocycles. The Kier molecular flexibility index (Phi) is 4.52. The minimum atomic E-state index is -4.58. The van der Waals surface area contributed by atoms with Crippen molar-refractivity contribution in [3.63, 3.8) is 0 Å². The van der Waals surface area contributed by atoms with Crippen molar-refractivity contribution in [2.75, 3.05) is 36.0 Å². The Hall–Kier alpha value is -2.03. The van der Waals surface area contributed by atoms with Crippen LogP contribution in [0.4, 0.5) is 24.5 Å². The second-order valence-corrected chi connectivity index (χ2v) is 6.26. The van der Waals surface area contributed by atoms with E-state index in [4.69, 9.17) is 12.2 Å². The Morgan fingerprint density at radius 3 is 2.24 bits per heavy atom. The van der Waals surface area contributed by atoms with E-state index in [1.165, 1.54) is 7.05 Å². The van der Waals surface area contributed by atoms with Gasteiger partial charge >= 0.3 is 6.18 Å². The van der Waals surface area contributed by atoms with Crippen LogP contribution >= 0.6 is 12.2 Å². The molecule has 25 heavy (non-hydrogen) atoms. The van der Waals surface area contributed by atoms with Crippen LogP contribution in [-0.2, 0) is 13.2 Å². The fraction of sp³-hybridized carbons (Fsp3) is 0.500. The van der Waals surface area contributed by atoms with Crippen molar-refractivity contribution in [3.8, 4) is 5.69 Å². The lowest BCUT2D eigenvalue weighted by atomic mass is 10.1. The molecule has 136 valence electrons. The second-order valence-electron chi connectivity index (χ2n) is 5.90. The molecule has 0 atom stereocenters. The molecule has 0 amide bonds. The predicted molar refractivity (Wildman–Crippen MR) is 94.1 cm³/mol. The Morgan fingerprint density at radius 1 is 1.08 bits per heavy atom. The van der Waals surface area contributed by atoms with Crippen LogP contribution in [0.15, 0.2) is 18.2 Å². The van der Waals surface area contributed by atoms with E-state index in [0.717, 1.165) is 46.8 Å². The van der Waals surface area contributed by atoms with E-state index in [0.29, 0.717) is 5.69 Å². The molecule has 3 rings (SSSR count). The highest BCUT2D eigenvalue weighted by Crippen LogP contribution is 2.36. The molecule has 0 N–H and O–H groups in total. The molecular formula is C16H20F3N5S. The third-order valence-electron chi connectivity index (χ3n) is 4.48. The molecule has 2 heterocycles. The van der Waals surface area contributed by atoms with Gasteiger partial charge in [0.15, 0.2) is 0 Å². The lowest BCUT2D eigenvalue weighted by molar-refractivity contribution is -0.146. The summed E-state index contributed by atoms with van der Waals surface area (Å²) in [6.45, 7) is 7.48. The molecule has 0 radical (unpaired) electrons. The molecule has 5 nitrogen and oxygen atoms in total. The molecule has 0 saturated heterocycles. The highest BCUT2D eigenvalue weighted by molar-refractivity contribution is 7.71. The van der Waals surface area contributed by atoms with Gasteiger partial charge in [-0.1, -0.05) is 0 Å². The topological polar surface area (TPSA) is 29.2 Å². The van der Waals surface area contributed by atoms with Gasteiger partial charge in [0, 0.05) is 33.2 Å². The standard InChI is InChI=1S/C16H20F3N5S/c1-4-22-8-9-23(5-2)13-10-11(6-7-12(13)22)24-14(16(17,18)19)20-21(3)15(24)25/h6-7,10H,4-5,8-9H2,1-3H3. The molecule has 0 aliphatic carbocycles. The van der Waals surface area contributed by atoms with Gasteiger partial charge < -0.3 is 9.80 Å². The lowest BCUT2D eigenvalue weighted by Gasteiger charge is -2.38. The summed E-state index contributed by atoms with van der Waals surface area (Å²) in [4.78, 5) is 4.39. The monoisotopic (exact) mass is 371 g/mol. The predicted octanol–water partition coefficient (Wildman–Crippen LogP) is 3.63. The molecule has 0 unspecified atom stereocenters. The zero-order valence-corrected chi connectivity index (χ0v) is 15.2. The summed E-state index contributed by atoms with van der Waals surface area (Å²) in [7, 11) is 1.42. The van der Waals surface area contributed by atoms with E-state index in [-0.39, 0.29) is 4.77 Å². The first-order valence-corrected chi connectivity index (χ1v) is 8.56. The second kappa shape index (κ2) is 6.36. The number of fused-ring (bicyclic) bond motifs is 1. The van der Waals surface area contributed by atoms with Crippen molar-refractivity contribution in [1.29, 1.82) is 0 Å². The molecule has 0 saturated carbocycles. The number of benzene rings is 1. The van der Waals surface area contributed by atoms with Crippen LogP contribution in [0.25, 0.3) is 5.69 Å². The summed E-state index contributed by atoms with van der Waals surface area (Å²) in [6, 6.07) is 5.31. The third-order valence-corrected chi connectivity index (χ3v) is 4.93. The maximum absolute atomic E-state index is 13.4. The number of aromatic nitrogens is 3. The fourth-order valence-corrected chi connectivity index (χ4v) is 3.42. The van der Waals surface area contributed by atoms with E-state index >= 15 is 0 Å². The number of rotatable bonds is 3. The number of alkyl halides is 3. The average molecular weight is 371 g/mol. The number of nitrogens with zero attached hydrogens (tertiary/aromatic N) is 5. The Morgan fingerprint density at radius 2 is 1.68 bits per heavy atom. The third kappa shape index (κ3) is 3.01. The Bertz CT molecular complexity index is 839. The maximum atomic E-state index is 13.4. The summed E-state index contributed by atoms with van der Waals surface area (Å²) in [5.41, 5.74) is 2.33. The highest BCUT2D eigenvalue weighted by atomic mass is 32.1. The number of aryl methyl sites for hydroxylation is 1. The number of anilines is 2. The van der Waals surface area contributed by atoms with Gasteiger partial charge in [-0.3, -0.25) is 4.57 Å². The van der Waals surface area contributed by atoms with Gasteiger partial charge in [-0.15, -0.1) is 5.10 Å². The molecule has 1 aromatic carbocycles. The summed E-state index contributed by atoms with van der Waals surface area (Å²) < 4.78 is 42.2. The number of hydrogen-bond donors (Lipinski definition) is 0. The van der Waals surface area contributed by atoms with E-state index in [2.05, 4.69) is 21.8 Å². The van der Waals surface area contributed by atoms with Crippen LogP contribution in [-0.4, -0.2) is 40.5 Å². The van der Waals surface area contributed by atoms with Crippen LogP contribution < -0.4 is 9.80 Å². The van der Waals surface area contributed by atoms with Gasteiger partial charge in [0.25, 0.3) is 0 Å². The smallest absolute Gasteiger partial charge is 0.368 e. The SMILES string of the molecule is CCN1CCN(CC)c2cc(-n3c(C(F)(F)F)nn(C)c3=S)ccc21. The molecular weight excluding hydrogens is 351 g/mol. The first kappa shape index (κ1) is 17.8. The van der Waals surface area contributed by atoms with Gasteiger partial charge in [-0.2, -0.15) is 13.2 Å². The molecule has 2 aromatic rings. The average Bonchev–Trinajstić information content (AvgIpc) is 2.89. The van der Waals surface area contributed by atoms with Crippen molar-refractivity contribution in [2.24, 2.45) is 7.05 Å². The van der Waals surface area contributed by atoms with Crippen molar-refractivity contribution >= 4 is 23.6 Å². The quantitative estimate of drug-likeness (QED) is 0.771. The van der Waals surface area contributed by atoms with Crippen molar-refractivity contribution < 1.29 is 13.2 Å². The van der Waals surface area contributed by atoms with Crippen LogP contribution in [0, 0.1) is 4.77 Å². The van der Waals surface area contributed by atoms with Gasteiger partial charge in [-0.05, 0) is 44.3 Å². The Labute approximate surface area is 149 Å². The minimum absolute atomic E-state index is 0.0125. The fourth-order valence-electron chi connectivity index (χ4n) is 3.19. The molecule has 0 fully saturated rings. The number of halogens is 3. The molecule has 1 aromatic heterocycles. The zero-order valence-electron chi connectivity index (χ0n) is 14.3. The van der Waals surface area contributed by atoms with Gasteiger partial charge in [0.05, 0.1) is 17.1 Å². The summed E-state index contributed by atoms with van der Waals surface area (Å²) in [5, 5.41) is 3.57. The van der Waals surface area contributed by atoms with E-state index < -0.39 is 12.0 Å². The lowest BCUT2D eigenvalue weighted by Crippen LogP contribution is -2.41. The van der Waals surface area contributed by atoms with Crippen LogP contribution in [0.5, 0.6) is 0 Å². The Balaban J connectivity index is 2.20. The first-order valence-electron chi connectivity index (χ1n) is 8.15. The molecule has 1 aliphatic rings. The van der Waals surface area contributed by atoms with Crippen molar-refractivity contribution in [1.82, 2.24) is 14.3 Å². The largest absolute Gasteiger partial charge is 0.452 e. The molecule has 0 bridgehead atoms. The van der Waals surface area contributed by atoms with Crippen LogP contribution in [0.3, 0.4) is 0 Å². The summed E-state index contributed by atoms with van der Waals surface area (Å²) in [6.07, 6.45) is -4.58. The van der Waals surface area contributed by atoms with Gasteiger partial charge in [0.2, 0.25) is 10.6 Å². The highest BCUT2D eigenvalue weighted by Gasteiger charge is 2.38. The van der Waals surface area contributed by atoms with E-state index in [1.54, 1.807) is 12.1 Å². The zero-order chi connectivity index (χ0) is 18.4. The van der Waals surface area contributed by atoms with E-state index in [9.17, 15) is 13.2 Å². The summed E-state index contributed by atoms with van der Waals surface area (Å²) in [5.74, 6) is -1.01. The molecule has 9 heteroatoms. The van der Waals surface area contributed by atoms with Gasteiger partial charge in [0.1, 0.15) is 0 Å². The normalized spacial score (nSPS) is 14.8. The number of likely N-dealkylation sites (N-methyl/N-ethyl adjacent to an activating group) is 2. The van der Waals surface area contributed by atoms with Crippen LogP contribution in [0.1, 0.15) is 19.7 Å². The van der Waals surface area contributed by atoms with Crippen molar-refractivity contribution in [3.05, 3.63) is 28.8 Å². The minimum Gasteiger partial charge on any atom is -0.368 e. The first-order chi connectivity index (χ1) is 11.8. The van der Waals surface area contributed by atoms with E-state index in [1.807, 2.05) is 13.0 Å². The maximum Gasteiger partial charge on any atom is 0.452 e.